The summed E-state index contributed by atoms with van der Waals surface area (Å²) in [5, 5.41) is 12.9. The molecule has 1 unspecified atom stereocenters. The van der Waals surface area contributed by atoms with Crippen LogP contribution in [-0.4, -0.2) is 48.8 Å². The number of carbonyl (C=O) groups is 2. The van der Waals surface area contributed by atoms with Gasteiger partial charge >= 0.3 is 11.9 Å². The monoisotopic (exact) mass is 410 g/mol. The van der Waals surface area contributed by atoms with Gasteiger partial charge in [0.05, 0.1) is 6.61 Å². The van der Waals surface area contributed by atoms with E-state index in [-0.39, 0.29) is 18.6 Å². The van der Waals surface area contributed by atoms with Crippen molar-refractivity contribution in [3.8, 4) is 0 Å². The predicted molar refractivity (Wildman–Crippen MR) is 117 cm³/mol. The number of rotatable bonds is 9. The molecule has 6 nitrogen and oxygen atoms in total. The van der Waals surface area contributed by atoms with E-state index in [1.807, 2.05) is 54.3 Å². The number of aliphatic carboxylic acids is 1. The fraction of sp³-hybridized carbons (Fsp3) is 0.417. The summed E-state index contributed by atoms with van der Waals surface area (Å²) in [6.45, 7) is 2.61. The van der Waals surface area contributed by atoms with Gasteiger partial charge in [-0.05, 0) is 49.8 Å². The number of benzene rings is 2. The molecule has 1 heterocycles. The highest BCUT2D eigenvalue weighted by molar-refractivity contribution is 5.76. The van der Waals surface area contributed by atoms with Gasteiger partial charge in [0.1, 0.15) is 12.6 Å². The van der Waals surface area contributed by atoms with Gasteiger partial charge in [-0.1, -0.05) is 48.5 Å². The number of hydrogen-bond donors (Lipinski definition) is 2. The molecule has 0 saturated carbocycles. The lowest BCUT2D eigenvalue weighted by molar-refractivity contribution is -0.146. The second-order valence-electron chi connectivity index (χ2n) is 7.63. The lowest BCUT2D eigenvalue weighted by atomic mass is 10.0. The van der Waals surface area contributed by atoms with E-state index >= 15 is 0 Å². The lowest BCUT2D eigenvalue weighted by Gasteiger charge is -2.29. The molecule has 0 spiro atoms. The Hall–Kier alpha value is -2.86. The smallest absolute Gasteiger partial charge is 0.323 e. The maximum atomic E-state index is 12.6. The number of esters is 1. The van der Waals surface area contributed by atoms with E-state index in [4.69, 9.17) is 4.74 Å². The van der Waals surface area contributed by atoms with Gasteiger partial charge in [-0.25, -0.2) is 0 Å². The number of para-hydroxylation sites is 1. The third-order valence-corrected chi connectivity index (χ3v) is 5.43. The number of hydrogen-bond acceptors (Lipinski definition) is 5. The van der Waals surface area contributed by atoms with E-state index in [0.29, 0.717) is 19.6 Å². The van der Waals surface area contributed by atoms with Crippen LogP contribution in [0.2, 0.25) is 0 Å². The fourth-order valence-corrected chi connectivity index (χ4v) is 4.02. The number of carboxylic acid groups (broad SMARTS) is 1. The van der Waals surface area contributed by atoms with Crippen molar-refractivity contribution in [1.29, 1.82) is 0 Å². The third kappa shape index (κ3) is 6.07. The molecule has 1 aliphatic heterocycles. The summed E-state index contributed by atoms with van der Waals surface area (Å²) in [7, 11) is 0. The van der Waals surface area contributed by atoms with Crippen LogP contribution < -0.4 is 10.2 Å². The molecule has 0 fully saturated rings. The Morgan fingerprint density at radius 2 is 1.90 bits per heavy atom. The van der Waals surface area contributed by atoms with Crippen LogP contribution in [0.4, 0.5) is 5.69 Å². The van der Waals surface area contributed by atoms with Gasteiger partial charge in [0, 0.05) is 18.3 Å². The normalized spacial score (nSPS) is 17.0. The number of anilines is 1. The Balaban J connectivity index is 1.72. The van der Waals surface area contributed by atoms with Gasteiger partial charge in [0.2, 0.25) is 0 Å². The fourth-order valence-electron chi connectivity index (χ4n) is 4.02. The second kappa shape index (κ2) is 10.8. The van der Waals surface area contributed by atoms with Crippen LogP contribution in [0.3, 0.4) is 0 Å². The SMILES string of the molecule is CCOC(=O)C(CCc1ccccc1)N[C@H]1CCc2ccccc2N(CC(=O)O)C1. The van der Waals surface area contributed by atoms with Crippen LogP contribution >= 0.6 is 0 Å². The van der Waals surface area contributed by atoms with Crippen molar-refractivity contribution >= 4 is 17.6 Å². The van der Waals surface area contributed by atoms with Gasteiger partial charge in [-0.2, -0.15) is 0 Å². The van der Waals surface area contributed by atoms with Crippen molar-refractivity contribution in [2.24, 2.45) is 0 Å². The third-order valence-electron chi connectivity index (χ3n) is 5.43. The second-order valence-corrected chi connectivity index (χ2v) is 7.63. The van der Waals surface area contributed by atoms with Crippen molar-refractivity contribution in [3.63, 3.8) is 0 Å². The van der Waals surface area contributed by atoms with Crippen molar-refractivity contribution < 1.29 is 19.4 Å². The van der Waals surface area contributed by atoms with Crippen molar-refractivity contribution in [3.05, 3.63) is 65.7 Å². The van der Waals surface area contributed by atoms with Crippen LogP contribution in [0.5, 0.6) is 0 Å². The molecule has 160 valence electrons. The summed E-state index contributed by atoms with van der Waals surface area (Å²) < 4.78 is 5.31. The molecule has 3 rings (SSSR count). The van der Waals surface area contributed by atoms with Crippen LogP contribution in [0.25, 0.3) is 0 Å². The van der Waals surface area contributed by atoms with Gasteiger partial charge < -0.3 is 14.7 Å². The van der Waals surface area contributed by atoms with Gasteiger partial charge in [0.15, 0.2) is 0 Å². The molecular weight excluding hydrogens is 380 g/mol. The van der Waals surface area contributed by atoms with Crippen molar-refractivity contribution in [2.45, 2.75) is 44.7 Å². The van der Waals surface area contributed by atoms with Crippen LogP contribution in [0.1, 0.15) is 30.9 Å². The van der Waals surface area contributed by atoms with Gasteiger partial charge in [0.25, 0.3) is 0 Å². The minimum atomic E-state index is -0.864. The largest absolute Gasteiger partial charge is 0.480 e. The summed E-state index contributed by atoms with van der Waals surface area (Å²) in [6, 6.07) is 17.6. The molecule has 0 bridgehead atoms. The quantitative estimate of drug-likeness (QED) is 0.619. The molecule has 0 amide bonds. The van der Waals surface area contributed by atoms with Crippen LogP contribution in [0, 0.1) is 0 Å². The predicted octanol–water partition coefficient (Wildman–Crippen LogP) is 3.05. The van der Waals surface area contributed by atoms with E-state index in [1.54, 1.807) is 0 Å². The highest BCUT2D eigenvalue weighted by Gasteiger charge is 2.28. The van der Waals surface area contributed by atoms with E-state index in [2.05, 4.69) is 17.4 Å². The molecule has 0 saturated heterocycles. The molecule has 2 atom stereocenters. The molecule has 0 radical (unpaired) electrons. The molecular formula is C24H30N2O4. The Labute approximate surface area is 177 Å². The first-order chi connectivity index (χ1) is 14.6. The standard InChI is InChI=1S/C24H30N2O4/c1-2-30-24(29)21(15-12-18-8-4-3-5-9-18)25-20-14-13-19-10-6-7-11-22(19)26(16-20)17-23(27)28/h3-11,20-21,25H,2,12-17H2,1H3,(H,27,28)/t20-,21?/m0/s1. The number of carbonyl (C=O) groups excluding carboxylic acids is 1. The average molecular weight is 411 g/mol. The maximum Gasteiger partial charge on any atom is 0.323 e. The Kier molecular flexibility index (Phi) is 7.85. The highest BCUT2D eigenvalue weighted by atomic mass is 16.5. The molecule has 0 aromatic heterocycles. The summed E-state index contributed by atoms with van der Waals surface area (Å²) in [5.74, 6) is -1.11. The van der Waals surface area contributed by atoms with Crippen LogP contribution in [0.15, 0.2) is 54.6 Å². The maximum absolute atomic E-state index is 12.6. The van der Waals surface area contributed by atoms with Gasteiger partial charge in [-0.3, -0.25) is 14.9 Å². The summed E-state index contributed by atoms with van der Waals surface area (Å²) >= 11 is 0. The Morgan fingerprint density at radius 3 is 2.63 bits per heavy atom. The minimum absolute atomic E-state index is 0.0121. The molecule has 2 aromatic carbocycles. The zero-order chi connectivity index (χ0) is 21.3. The summed E-state index contributed by atoms with van der Waals surface area (Å²) in [5.41, 5.74) is 3.27. The van der Waals surface area contributed by atoms with Crippen molar-refractivity contribution in [1.82, 2.24) is 5.32 Å². The summed E-state index contributed by atoms with van der Waals surface area (Å²) in [4.78, 5) is 25.9. The Morgan fingerprint density at radius 1 is 1.17 bits per heavy atom. The Bertz CT molecular complexity index is 840. The number of ether oxygens (including phenoxy) is 1. The topological polar surface area (TPSA) is 78.9 Å². The highest BCUT2D eigenvalue weighted by Crippen LogP contribution is 2.26. The van der Waals surface area contributed by atoms with E-state index < -0.39 is 12.0 Å². The van der Waals surface area contributed by atoms with Crippen molar-refractivity contribution in [2.75, 3.05) is 24.6 Å². The van der Waals surface area contributed by atoms with E-state index in [9.17, 15) is 14.7 Å². The molecule has 2 N–H and O–H groups in total. The first-order valence-corrected chi connectivity index (χ1v) is 10.6. The van der Waals surface area contributed by atoms with E-state index in [1.165, 1.54) is 5.56 Å². The zero-order valence-corrected chi connectivity index (χ0v) is 17.4. The van der Waals surface area contributed by atoms with Crippen LogP contribution in [-0.2, 0) is 27.2 Å². The average Bonchev–Trinajstić information content (AvgIpc) is 2.91. The van der Waals surface area contributed by atoms with Gasteiger partial charge in [-0.15, -0.1) is 0 Å². The number of nitrogens with one attached hydrogen (secondary N) is 1. The molecule has 30 heavy (non-hydrogen) atoms. The summed E-state index contributed by atoms with van der Waals surface area (Å²) in [6.07, 6.45) is 3.06. The van der Waals surface area contributed by atoms with E-state index in [0.717, 1.165) is 30.5 Å². The first-order valence-electron chi connectivity index (χ1n) is 10.6. The molecule has 2 aromatic rings. The molecule has 0 aliphatic carbocycles. The first kappa shape index (κ1) is 21.8. The number of aryl methyl sites for hydroxylation is 2. The lowest BCUT2D eigenvalue weighted by Crippen LogP contribution is -2.49. The molecule has 1 aliphatic rings. The molecule has 6 heteroatoms. The number of nitrogens with zero attached hydrogens (tertiary/aromatic N) is 1. The minimum Gasteiger partial charge on any atom is -0.480 e. The number of fused-ring (bicyclic) bond motifs is 1. The zero-order valence-electron chi connectivity index (χ0n) is 17.4. The number of carboxylic acids is 1.